The van der Waals surface area contributed by atoms with Crippen molar-refractivity contribution >= 4 is 28.9 Å². The molecule has 1 heterocycles. The van der Waals surface area contributed by atoms with Gasteiger partial charge in [-0.3, -0.25) is 10.1 Å². The molecule has 0 aliphatic rings. The Kier molecular flexibility index (Phi) is 5.05. The van der Waals surface area contributed by atoms with Gasteiger partial charge in [0.2, 0.25) is 5.88 Å². The number of halogens is 2. The second-order valence-electron chi connectivity index (χ2n) is 4.60. The molecule has 0 unspecified atom stereocenters. The number of hydrogen-bond donors (Lipinski definition) is 0. The monoisotopic (exact) mass is 342 g/mol. The van der Waals surface area contributed by atoms with E-state index in [0.717, 1.165) is 0 Å². The third-order valence-corrected chi connectivity index (χ3v) is 3.04. The largest absolute Gasteiger partial charge is 0.475 e. The first-order valence-electron chi connectivity index (χ1n) is 6.31. The highest BCUT2D eigenvalue weighted by Gasteiger charge is 2.16. The zero-order chi connectivity index (χ0) is 16.3. The fourth-order valence-corrected chi connectivity index (χ4v) is 2.16. The third kappa shape index (κ3) is 3.99. The Balaban J connectivity index is 2.22. The number of aromatic nitrogens is 1. The lowest BCUT2D eigenvalue weighted by Gasteiger charge is -2.11. The quantitative estimate of drug-likeness (QED) is 0.571. The Labute approximate surface area is 136 Å². The molecular weight excluding hydrogens is 331 g/mol. The van der Waals surface area contributed by atoms with Crippen LogP contribution in [0.1, 0.15) is 13.8 Å². The first-order chi connectivity index (χ1) is 10.4. The molecule has 0 aliphatic heterocycles. The van der Waals surface area contributed by atoms with Gasteiger partial charge < -0.3 is 9.47 Å². The summed E-state index contributed by atoms with van der Waals surface area (Å²) in [5, 5.41) is 10.8. The van der Waals surface area contributed by atoms with Crippen molar-refractivity contribution in [2.75, 3.05) is 0 Å². The maximum atomic E-state index is 10.7. The van der Waals surface area contributed by atoms with Crippen molar-refractivity contribution in [3.8, 4) is 17.4 Å². The predicted octanol–water partition coefficient (Wildman–Crippen LogP) is 4.88. The van der Waals surface area contributed by atoms with Crippen molar-refractivity contribution in [1.82, 2.24) is 4.98 Å². The zero-order valence-corrected chi connectivity index (χ0v) is 13.3. The molecule has 0 atom stereocenters. The average Bonchev–Trinajstić information content (AvgIpc) is 2.43. The molecule has 0 radical (unpaired) electrons. The van der Waals surface area contributed by atoms with Gasteiger partial charge in [-0.1, -0.05) is 23.2 Å². The second kappa shape index (κ2) is 6.81. The molecule has 0 fully saturated rings. The molecule has 6 nitrogen and oxygen atoms in total. The minimum Gasteiger partial charge on any atom is -0.475 e. The summed E-state index contributed by atoms with van der Waals surface area (Å²) in [6, 6.07) is 5.63. The van der Waals surface area contributed by atoms with E-state index in [1.165, 1.54) is 18.3 Å². The highest BCUT2D eigenvalue weighted by molar-refractivity contribution is 6.37. The van der Waals surface area contributed by atoms with Crippen molar-refractivity contribution in [3.05, 3.63) is 50.6 Å². The molecule has 0 aliphatic carbocycles. The first kappa shape index (κ1) is 16.3. The molecule has 0 saturated heterocycles. The van der Waals surface area contributed by atoms with E-state index in [1.807, 2.05) is 13.8 Å². The molecule has 0 saturated carbocycles. The average molecular weight is 343 g/mol. The van der Waals surface area contributed by atoms with Gasteiger partial charge in [-0.25, -0.2) is 4.98 Å². The summed E-state index contributed by atoms with van der Waals surface area (Å²) in [5.41, 5.74) is -0.207. The Morgan fingerprint density at radius 3 is 2.32 bits per heavy atom. The summed E-state index contributed by atoms with van der Waals surface area (Å²) in [7, 11) is 0. The van der Waals surface area contributed by atoms with Crippen molar-refractivity contribution in [1.29, 1.82) is 0 Å². The van der Waals surface area contributed by atoms with E-state index in [9.17, 15) is 10.1 Å². The zero-order valence-electron chi connectivity index (χ0n) is 11.7. The number of rotatable bonds is 5. The van der Waals surface area contributed by atoms with Gasteiger partial charge >= 0.3 is 0 Å². The number of nitro groups is 1. The lowest BCUT2D eigenvalue weighted by Crippen LogP contribution is -2.06. The lowest BCUT2D eigenvalue weighted by molar-refractivity contribution is -0.384. The molecule has 2 aromatic rings. The van der Waals surface area contributed by atoms with Crippen LogP contribution >= 0.6 is 23.2 Å². The molecule has 0 amide bonds. The summed E-state index contributed by atoms with van der Waals surface area (Å²) in [6.07, 6.45) is 1.46. The summed E-state index contributed by atoms with van der Waals surface area (Å²) in [6.45, 7) is 3.78. The number of nitrogens with zero attached hydrogens (tertiary/aromatic N) is 2. The molecule has 1 aromatic carbocycles. The number of non-ortho nitro benzene ring substituents is 1. The van der Waals surface area contributed by atoms with Gasteiger partial charge in [-0.15, -0.1) is 0 Å². The molecular formula is C14H12Cl2N2O4. The van der Waals surface area contributed by atoms with Crippen LogP contribution in [-0.2, 0) is 0 Å². The van der Waals surface area contributed by atoms with Crippen LogP contribution in [0.5, 0.6) is 17.4 Å². The van der Waals surface area contributed by atoms with Crippen molar-refractivity contribution in [2.45, 2.75) is 20.0 Å². The topological polar surface area (TPSA) is 74.5 Å². The van der Waals surface area contributed by atoms with E-state index in [2.05, 4.69) is 4.98 Å². The van der Waals surface area contributed by atoms with Gasteiger partial charge in [0.25, 0.3) is 5.69 Å². The van der Waals surface area contributed by atoms with Gasteiger partial charge in [-0.05, 0) is 19.9 Å². The van der Waals surface area contributed by atoms with Crippen molar-refractivity contribution in [2.24, 2.45) is 0 Å². The van der Waals surface area contributed by atoms with E-state index in [-0.39, 0.29) is 27.6 Å². The van der Waals surface area contributed by atoms with Crippen LogP contribution in [0.4, 0.5) is 5.69 Å². The molecule has 22 heavy (non-hydrogen) atoms. The molecule has 8 heteroatoms. The van der Waals surface area contributed by atoms with Crippen LogP contribution in [0.3, 0.4) is 0 Å². The van der Waals surface area contributed by atoms with Crippen LogP contribution in [0.2, 0.25) is 10.0 Å². The maximum Gasteiger partial charge on any atom is 0.272 e. The summed E-state index contributed by atoms with van der Waals surface area (Å²) >= 11 is 11.9. The van der Waals surface area contributed by atoms with Crippen LogP contribution in [0.15, 0.2) is 30.5 Å². The molecule has 116 valence electrons. The Morgan fingerprint density at radius 2 is 1.86 bits per heavy atom. The van der Waals surface area contributed by atoms with Crippen LogP contribution in [0.25, 0.3) is 0 Å². The highest BCUT2D eigenvalue weighted by atomic mass is 35.5. The first-order valence-corrected chi connectivity index (χ1v) is 7.06. The number of benzene rings is 1. The minimum atomic E-state index is -0.582. The van der Waals surface area contributed by atoms with E-state index in [0.29, 0.717) is 11.6 Å². The SMILES string of the molecule is CC(C)Oc1ccc(Oc2c(Cl)cc([N+](=O)[O-])cc2Cl)cn1. The fraction of sp³-hybridized carbons (Fsp3) is 0.214. The van der Waals surface area contributed by atoms with Crippen LogP contribution in [-0.4, -0.2) is 16.0 Å². The highest BCUT2D eigenvalue weighted by Crippen LogP contribution is 2.39. The predicted molar refractivity (Wildman–Crippen MR) is 83.2 cm³/mol. The molecule has 1 aromatic heterocycles. The van der Waals surface area contributed by atoms with Crippen LogP contribution in [0, 0.1) is 10.1 Å². The van der Waals surface area contributed by atoms with Crippen molar-refractivity contribution in [3.63, 3.8) is 0 Å². The standard InChI is InChI=1S/C14H12Cl2N2O4/c1-8(2)21-13-4-3-10(7-17-13)22-14-11(15)5-9(18(19)20)6-12(14)16/h3-8H,1-2H3. The van der Waals surface area contributed by atoms with E-state index in [4.69, 9.17) is 32.7 Å². The minimum absolute atomic E-state index is 0.0119. The van der Waals surface area contributed by atoms with Gasteiger partial charge in [0.05, 0.1) is 27.3 Å². The summed E-state index contributed by atoms with van der Waals surface area (Å²) in [4.78, 5) is 14.2. The normalized spacial score (nSPS) is 10.6. The number of nitro benzene ring substituents is 1. The van der Waals surface area contributed by atoms with E-state index >= 15 is 0 Å². The van der Waals surface area contributed by atoms with Gasteiger partial charge in [0.1, 0.15) is 5.75 Å². The summed E-state index contributed by atoms with van der Waals surface area (Å²) in [5.74, 6) is 0.977. The smallest absolute Gasteiger partial charge is 0.272 e. The fourth-order valence-electron chi connectivity index (χ4n) is 1.61. The van der Waals surface area contributed by atoms with Crippen LogP contribution < -0.4 is 9.47 Å². The lowest BCUT2D eigenvalue weighted by atomic mass is 10.3. The Hall–Kier alpha value is -2.05. The maximum absolute atomic E-state index is 10.7. The number of hydrogen-bond acceptors (Lipinski definition) is 5. The van der Waals surface area contributed by atoms with Gasteiger partial charge in [0, 0.05) is 18.2 Å². The molecule has 0 N–H and O–H groups in total. The molecule has 0 spiro atoms. The molecule has 2 rings (SSSR count). The van der Waals surface area contributed by atoms with E-state index in [1.54, 1.807) is 12.1 Å². The number of pyridine rings is 1. The van der Waals surface area contributed by atoms with E-state index < -0.39 is 4.92 Å². The second-order valence-corrected chi connectivity index (χ2v) is 5.41. The Morgan fingerprint density at radius 1 is 1.23 bits per heavy atom. The van der Waals surface area contributed by atoms with Gasteiger partial charge in [0.15, 0.2) is 5.75 Å². The number of ether oxygens (including phenoxy) is 2. The van der Waals surface area contributed by atoms with Crippen molar-refractivity contribution < 1.29 is 14.4 Å². The van der Waals surface area contributed by atoms with Gasteiger partial charge in [-0.2, -0.15) is 0 Å². The molecule has 0 bridgehead atoms. The third-order valence-electron chi connectivity index (χ3n) is 2.48. The Bertz CT molecular complexity index is 667. The summed E-state index contributed by atoms with van der Waals surface area (Å²) < 4.78 is 10.9.